The van der Waals surface area contributed by atoms with E-state index in [0.717, 1.165) is 11.1 Å². The normalized spacial score (nSPS) is 13.8. The van der Waals surface area contributed by atoms with Crippen LogP contribution in [0.4, 0.5) is 5.69 Å². The van der Waals surface area contributed by atoms with Gasteiger partial charge in [0.05, 0.1) is 23.4 Å². The van der Waals surface area contributed by atoms with Gasteiger partial charge in [-0.05, 0) is 44.9 Å². The second kappa shape index (κ2) is 5.25. The Morgan fingerprint density at radius 3 is 2.41 bits per heavy atom. The molecule has 0 radical (unpaired) electrons. The molecule has 0 spiro atoms. The largest absolute Gasteiger partial charge is 0.397 e. The van der Waals surface area contributed by atoms with Crippen molar-refractivity contribution in [3.8, 4) is 0 Å². The van der Waals surface area contributed by atoms with Crippen molar-refractivity contribution in [2.24, 2.45) is 0 Å². The van der Waals surface area contributed by atoms with Gasteiger partial charge in [-0.15, -0.1) is 0 Å². The van der Waals surface area contributed by atoms with Crippen LogP contribution in [0.15, 0.2) is 12.1 Å². The molecule has 0 aliphatic heterocycles. The minimum absolute atomic E-state index is 0.0248. The van der Waals surface area contributed by atoms with E-state index in [9.17, 15) is 5.11 Å². The van der Waals surface area contributed by atoms with E-state index in [1.165, 1.54) is 0 Å². The van der Waals surface area contributed by atoms with E-state index < -0.39 is 0 Å². The minimum atomic E-state index is -0.133. The van der Waals surface area contributed by atoms with Crippen molar-refractivity contribution in [1.29, 1.82) is 0 Å². The lowest BCUT2D eigenvalue weighted by Crippen LogP contribution is -2.40. The van der Waals surface area contributed by atoms with Crippen molar-refractivity contribution in [2.75, 3.05) is 12.3 Å². The molecule has 96 valence electrons. The van der Waals surface area contributed by atoms with Gasteiger partial charge in [0.1, 0.15) is 0 Å². The molecule has 1 rings (SSSR count). The quantitative estimate of drug-likeness (QED) is 0.729. The Kier molecular flexibility index (Phi) is 4.42. The van der Waals surface area contributed by atoms with Crippen molar-refractivity contribution >= 4 is 17.3 Å². The van der Waals surface area contributed by atoms with Crippen LogP contribution in [0.2, 0.25) is 5.02 Å². The van der Waals surface area contributed by atoms with E-state index in [1.54, 1.807) is 0 Å². The van der Waals surface area contributed by atoms with Gasteiger partial charge in [0.2, 0.25) is 0 Å². The zero-order chi connectivity index (χ0) is 13.2. The van der Waals surface area contributed by atoms with Crippen molar-refractivity contribution in [1.82, 2.24) is 5.32 Å². The van der Waals surface area contributed by atoms with Crippen LogP contribution >= 0.6 is 11.6 Å². The van der Waals surface area contributed by atoms with Crippen LogP contribution in [0.3, 0.4) is 0 Å². The van der Waals surface area contributed by atoms with Gasteiger partial charge in [0.25, 0.3) is 0 Å². The van der Waals surface area contributed by atoms with Crippen LogP contribution in [-0.4, -0.2) is 17.3 Å². The van der Waals surface area contributed by atoms with E-state index in [4.69, 9.17) is 17.3 Å². The van der Waals surface area contributed by atoms with E-state index >= 15 is 0 Å². The average molecular weight is 257 g/mol. The molecule has 4 N–H and O–H groups in total. The van der Waals surface area contributed by atoms with Gasteiger partial charge in [-0.25, -0.2) is 0 Å². The van der Waals surface area contributed by atoms with Gasteiger partial charge in [-0.3, -0.25) is 0 Å². The molecule has 1 unspecified atom stereocenters. The molecule has 0 aliphatic carbocycles. The maximum Gasteiger partial charge on any atom is 0.0641 e. The Balaban J connectivity index is 3.05. The fourth-order valence-corrected chi connectivity index (χ4v) is 2.02. The highest BCUT2D eigenvalue weighted by atomic mass is 35.5. The summed E-state index contributed by atoms with van der Waals surface area (Å²) in [5.41, 5.74) is 8.22. The molecule has 0 aromatic heterocycles. The number of halogens is 1. The molecular weight excluding hydrogens is 236 g/mol. The fraction of sp³-hybridized carbons (Fsp3) is 0.538. The predicted molar refractivity (Wildman–Crippen MR) is 73.3 cm³/mol. The van der Waals surface area contributed by atoms with Crippen LogP contribution in [0, 0.1) is 6.92 Å². The molecule has 0 saturated carbocycles. The highest BCUT2D eigenvalue weighted by molar-refractivity contribution is 6.33. The molecule has 0 aliphatic rings. The maximum absolute atomic E-state index is 9.46. The van der Waals surface area contributed by atoms with E-state index in [2.05, 4.69) is 26.1 Å². The van der Waals surface area contributed by atoms with Gasteiger partial charge in [-0.2, -0.15) is 0 Å². The van der Waals surface area contributed by atoms with Gasteiger partial charge in [0, 0.05) is 5.54 Å². The van der Waals surface area contributed by atoms with Gasteiger partial charge in [0.15, 0.2) is 0 Å². The standard InChI is InChI=1S/C13H21ClN2O/c1-8-5-9(6-10(14)12(8)15)11(7-17)16-13(2,3)4/h5-6,11,16-17H,7,15H2,1-4H3. The third-order valence-corrected chi connectivity index (χ3v) is 2.86. The molecule has 0 bridgehead atoms. The number of benzene rings is 1. The van der Waals surface area contributed by atoms with Crippen molar-refractivity contribution in [3.05, 3.63) is 28.3 Å². The number of hydrogen-bond donors (Lipinski definition) is 3. The average Bonchev–Trinajstić information content (AvgIpc) is 2.20. The molecule has 0 fully saturated rings. The van der Waals surface area contributed by atoms with Gasteiger partial charge < -0.3 is 16.2 Å². The molecule has 3 nitrogen and oxygen atoms in total. The molecule has 0 amide bonds. The topological polar surface area (TPSA) is 58.3 Å². The number of aliphatic hydroxyl groups excluding tert-OH is 1. The number of hydrogen-bond acceptors (Lipinski definition) is 3. The third kappa shape index (κ3) is 3.87. The Morgan fingerprint density at radius 1 is 1.41 bits per heavy atom. The molecule has 0 heterocycles. The number of nitrogens with two attached hydrogens (primary N) is 1. The summed E-state index contributed by atoms with van der Waals surface area (Å²) in [4.78, 5) is 0. The molecule has 1 aromatic rings. The molecule has 17 heavy (non-hydrogen) atoms. The predicted octanol–water partition coefficient (Wildman–Crippen LogP) is 2.65. The first kappa shape index (κ1) is 14.3. The first-order chi connectivity index (χ1) is 7.74. The summed E-state index contributed by atoms with van der Waals surface area (Å²) in [6, 6.07) is 3.64. The number of nitrogens with one attached hydrogen (secondary N) is 1. The van der Waals surface area contributed by atoms with Crippen LogP contribution in [0.25, 0.3) is 0 Å². The SMILES string of the molecule is Cc1cc(C(CO)NC(C)(C)C)cc(Cl)c1N. The minimum Gasteiger partial charge on any atom is -0.397 e. The summed E-state index contributed by atoms with van der Waals surface area (Å²) in [5.74, 6) is 0. The Bertz CT molecular complexity index is 376. The van der Waals surface area contributed by atoms with Crippen LogP contribution < -0.4 is 11.1 Å². The Hall–Kier alpha value is -0.770. The summed E-state index contributed by atoms with van der Waals surface area (Å²) >= 11 is 6.06. The lowest BCUT2D eigenvalue weighted by Gasteiger charge is -2.28. The van der Waals surface area contributed by atoms with Gasteiger partial charge >= 0.3 is 0 Å². The first-order valence-corrected chi connectivity index (χ1v) is 6.06. The molecule has 1 atom stereocenters. The van der Waals surface area contributed by atoms with Crippen molar-refractivity contribution < 1.29 is 5.11 Å². The first-order valence-electron chi connectivity index (χ1n) is 5.68. The van der Waals surface area contributed by atoms with Crippen LogP contribution in [0.1, 0.15) is 37.9 Å². The Morgan fingerprint density at radius 2 is 2.00 bits per heavy atom. The van der Waals surface area contributed by atoms with E-state index in [1.807, 2.05) is 19.1 Å². The van der Waals surface area contributed by atoms with E-state index in [-0.39, 0.29) is 18.2 Å². The molecule has 1 aromatic carbocycles. The van der Waals surface area contributed by atoms with Crippen LogP contribution in [-0.2, 0) is 0 Å². The lowest BCUT2D eigenvalue weighted by molar-refractivity contribution is 0.217. The monoisotopic (exact) mass is 256 g/mol. The number of aryl methyl sites for hydroxylation is 1. The number of rotatable bonds is 3. The molecule has 4 heteroatoms. The summed E-state index contributed by atoms with van der Waals surface area (Å²) < 4.78 is 0. The third-order valence-electron chi connectivity index (χ3n) is 2.55. The lowest BCUT2D eigenvalue weighted by atomic mass is 10.00. The summed E-state index contributed by atoms with van der Waals surface area (Å²) in [7, 11) is 0. The number of aliphatic hydroxyl groups is 1. The summed E-state index contributed by atoms with van der Waals surface area (Å²) in [6.45, 7) is 8.11. The van der Waals surface area contributed by atoms with Crippen molar-refractivity contribution in [3.63, 3.8) is 0 Å². The molecule has 0 saturated heterocycles. The number of nitrogen functional groups attached to an aromatic ring is 1. The summed E-state index contributed by atoms with van der Waals surface area (Å²) in [6.07, 6.45) is 0. The second-order valence-corrected chi connectivity index (χ2v) is 5.77. The second-order valence-electron chi connectivity index (χ2n) is 5.36. The van der Waals surface area contributed by atoms with Gasteiger partial charge in [-0.1, -0.05) is 17.7 Å². The smallest absolute Gasteiger partial charge is 0.0641 e. The zero-order valence-electron chi connectivity index (χ0n) is 10.8. The molecular formula is C13H21ClN2O. The van der Waals surface area contributed by atoms with E-state index in [0.29, 0.717) is 10.7 Å². The number of anilines is 1. The summed E-state index contributed by atoms with van der Waals surface area (Å²) in [5, 5.41) is 13.3. The maximum atomic E-state index is 9.46. The fourth-order valence-electron chi connectivity index (χ4n) is 1.74. The highest BCUT2D eigenvalue weighted by Crippen LogP contribution is 2.28. The zero-order valence-corrected chi connectivity index (χ0v) is 11.6. The van der Waals surface area contributed by atoms with Crippen LogP contribution in [0.5, 0.6) is 0 Å². The highest BCUT2D eigenvalue weighted by Gasteiger charge is 2.19. The van der Waals surface area contributed by atoms with Crippen molar-refractivity contribution in [2.45, 2.75) is 39.3 Å². The Labute approximate surface area is 108 Å².